The van der Waals surface area contributed by atoms with Crippen LogP contribution < -0.4 is 10.1 Å². The van der Waals surface area contributed by atoms with Gasteiger partial charge >= 0.3 is 0 Å². The van der Waals surface area contributed by atoms with Gasteiger partial charge in [-0.2, -0.15) is 0 Å². The average molecular weight is 287 g/mol. The summed E-state index contributed by atoms with van der Waals surface area (Å²) in [5.41, 5.74) is 1.45. The third-order valence-corrected chi connectivity index (χ3v) is 5.53. The Balaban J connectivity index is 1.47. The van der Waals surface area contributed by atoms with Crippen LogP contribution in [-0.2, 0) is 0 Å². The van der Waals surface area contributed by atoms with E-state index in [9.17, 15) is 0 Å². The van der Waals surface area contributed by atoms with Gasteiger partial charge in [-0.25, -0.2) is 0 Å². The van der Waals surface area contributed by atoms with Crippen LogP contribution in [0.2, 0.25) is 0 Å². The zero-order valence-electron chi connectivity index (χ0n) is 13.5. The van der Waals surface area contributed by atoms with E-state index in [4.69, 9.17) is 4.74 Å². The van der Waals surface area contributed by atoms with E-state index in [1.807, 2.05) is 6.07 Å². The maximum Gasteiger partial charge on any atom is 0.119 e. The van der Waals surface area contributed by atoms with Crippen LogP contribution >= 0.6 is 0 Å². The number of ether oxygens (including phenoxy) is 1. The van der Waals surface area contributed by atoms with Crippen LogP contribution in [0.25, 0.3) is 0 Å². The van der Waals surface area contributed by atoms with E-state index in [1.165, 1.54) is 50.5 Å². The molecule has 0 aliphatic heterocycles. The van der Waals surface area contributed by atoms with Gasteiger partial charge in [-0.3, -0.25) is 0 Å². The minimum absolute atomic E-state index is 0.725. The van der Waals surface area contributed by atoms with Crippen molar-refractivity contribution in [2.45, 2.75) is 69.9 Å². The highest BCUT2D eigenvalue weighted by Gasteiger charge is 2.32. The Kier molecular flexibility index (Phi) is 4.84. The molecule has 1 aromatic carbocycles. The minimum Gasteiger partial charge on any atom is -0.497 e. The molecule has 0 bridgehead atoms. The molecule has 0 heterocycles. The molecule has 0 amide bonds. The molecule has 0 saturated heterocycles. The van der Waals surface area contributed by atoms with Crippen LogP contribution in [0, 0.1) is 5.92 Å². The summed E-state index contributed by atoms with van der Waals surface area (Å²) in [5, 5.41) is 3.92. The van der Waals surface area contributed by atoms with E-state index in [1.54, 1.807) is 7.11 Å². The Morgan fingerprint density at radius 3 is 2.76 bits per heavy atom. The molecule has 2 nitrogen and oxygen atoms in total. The Labute approximate surface area is 129 Å². The molecule has 2 atom stereocenters. The van der Waals surface area contributed by atoms with E-state index in [0.29, 0.717) is 0 Å². The number of hydrogen-bond acceptors (Lipinski definition) is 2. The average Bonchev–Trinajstić information content (AvgIpc) is 2.50. The zero-order chi connectivity index (χ0) is 14.7. The quantitative estimate of drug-likeness (QED) is 0.861. The van der Waals surface area contributed by atoms with Crippen molar-refractivity contribution in [1.29, 1.82) is 0 Å². The van der Waals surface area contributed by atoms with Crippen LogP contribution in [0.3, 0.4) is 0 Å². The van der Waals surface area contributed by atoms with Crippen molar-refractivity contribution in [1.82, 2.24) is 5.32 Å². The zero-order valence-corrected chi connectivity index (χ0v) is 13.5. The van der Waals surface area contributed by atoms with Crippen molar-refractivity contribution < 1.29 is 4.74 Å². The largest absolute Gasteiger partial charge is 0.497 e. The lowest BCUT2D eigenvalue weighted by molar-refractivity contribution is 0.209. The van der Waals surface area contributed by atoms with Gasteiger partial charge in [0.2, 0.25) is 0 Å². The summed E-state index contributed by atoms with van der Waals surface area (Å²) in [7, 11) is 1.75. The van der Waals surface area contributed by atoms with Gasteiger partial charge in [0.05, 0.1) is 7.11 Å². The topological polar surface area (TPSA) is 21.3 Å². The third kappa shape index (κ3) is 3.60. The molecule has 3 rings (SSSR count). The van der Waals surface area contributed by atoms with Gasteiger partial charge in [0, 0.05) is 12.1 Å². The molecule has 21 heavy (non-hydrogen) atoms. The molecular formula is C19H29NO. The number of methoxy groups -OCH3 is 1. The summed E-state index contributed by atoms with van der Waals surface area (Å²) in [6.07, 6.45) is 9.60. The fourth-order valence-electron chi connectivity index (χ4n) is 4.07. The van der Waals surface area contributed by atoms with Gasteiger partial charge in [0.25, 0.3) is 0 Å². The van der Waals surface area contributed by atoms with Crippen molar-refractivity contribution in [3.05, 3.63) is 29.8 Å². The predicted molar refractivity (Wildman–Crippen MR) is 87.9 cm³/mol. The van der Waals surface area contributed by atoms with Crippen LogP contribution in [0.1, 0.15) is 63.4 Å². The Morgan fingerprint density at radius 2 is 2.00 bits per heavy atom. The molecule has 2 saturated carbocycles. The molecule has 0 radical (unpaired) electrons. The highest BCUT2D eigenvalue weighted by molar-refractivity contribution is 5.32. The monoisotopic (exact) mass is 287 g/mol. The van der Waals surface area contributed by atoms with Gasteiger partial charge in [-0.05, 0) is 55.2 Å². The predicted octanol–water partition coefficient (Wildman–Crippen LogP) is 4.50. The molecule has 2 aliphatic carbocycles. The van der Waals surface area contributed by atoms with Gasteiger partial charge in [-0.1, -0.05) is 38.3 Å². The maximum atomic E-state index is 5.33. The van der Waals surface area contributed by atoms with Crippen LogP contribution in [0.5, 0.6) is 5.75 Å². The molecule has 2 unspecified atom stereocenters. The molecular weight excluding hydrogens is 258 g/mol. The second kappa shape index (κ2) is 6.83. The lowest BCUT2D eigenvalue weighted by Gasteiger charge is -2.41. The van der Waals surface area contributed by atoms with Gasteiger partial charge in [-0.15, -0.1) is 0 Å². The summed E-state index contributed by atoms with van der Waals surface area (Å²) in [5.74, 6) is 2.68. The van der Waals surface area contributed by atoms with E-state index in [0.717, 1.165) is 29.7 Å². The van der Waals surface area contributed by atoms with Crippen molar-refractivity contribution in [2.24, 2.45) is 5.92 Å². The Hall–Kier alpha value is -1.02. The fourth-order valence-corrected chi connectivity index (χ4v) is 4.07. The SMILES string of the molecule is CCC1CCCC(NC2CC(c3cccc(OC)c3)C2)C1. The molecule has 0 spiro atoms. The van der Waals surface area contributed by atoms with Gasteiger partial charge in [0.1, 0.15) is 5.75 Å². The first-order valence-corrected chi connectivity index (χ1v) is 8.68. The lowest BCUT2D eigenvalue weighted by Crippen LogP contribution is -2.47. The standard InChI is InChI=1S/C19H29NO/c1-3-14-6-4-8-17(10-14)20-18-11-16(12-18)15-7-5-9-19(13-15)21-2/h5,7,9,13-14,16-18,20H,3-4,6,8,10-12H2,1-2H3. The Morgan fingerprint density at radius 1 is 1.14 bits per heavy atom. The summed E-state index contributed by atoms with van der Waals surface area (Å²) < 4.78 is 5.33. The van der Waals surface area contributed by atoms with E-state index in [-0.39, 0.29) is 0 Å². The highest BCUT2D eigenvalue weighted by atomic mass is 16.5. The third-order valence-electron chi connectivity index (χ3n) is 5.53. The molecule has 116 valence electrons. The van der Waals surface area contributed by atoms with Crippen LogP contribution in [-0.4, -0.2) is 19.2 Å². The van der Waals surface area contributed by atoms with Crippen LogP contribution in [0.4, 0.5) is 0 Å². The normalized spacial score (nSPS) is 32.5. The Bertz CT molecular complexity index is 453. The molecule has 1 N–H and O–H groups in total. The highest BCUT2D eigenvalue weighted by Crippen LogP contribution is 2.39. The maximum absolute atomic E-state index is 5.33. The van der Waals surface area contributed by atoms with Crippen LogP contribution in [0.15, 0.2) is 24.3 Å². The van der Waals surface area contributed by atoms with Crippen molar-refractivity contribution >= 4 is 0 Å². The summed E-state index contributed by atoms with van der Waals surface area (Å²) in [6.45, 7) is 2.34. The first-order valence-electron chi connectivity index (χ1n) is 8.68. The first-order chi connectivity index (χ1) is 10.3. The molecule has 2 fully saturated rings. The molecule has 1 aromatic rings. The van der Waals surface area contributed by atoms with Crippen molar-refractivity contribution in [3.8, 4) is 5.75 Å². The second-order valence-electron chi connectivity index (χ2n) is 6.95. The number of hydrogen-bond donors (Lipinski definition) is 1. The van der Waals surface area contributed by atoms with E-state index in [2.05, 4.69) is 30.4 Å². The molecule has 0 aromatic heterocycles. The number of benzene rings is 1. The summed E-state index contributed by atoms with van der Waals surface area (Å²) in [6, 6.07) is 10.1. The van der Waals surface area contributed by atoms with E-state index >= 15 is 0 Å². The van der Waals surface area contributed by atoms with Gasteiger partial charge in [0.15, 0.2) is 0 Å². The summed E-state index contributed by atoms with van der Waals surface area (Å²) >= 11 is 0. The van der Waals surface area contributed by atoms with E-state index < -0.39 is 0 Å². The summed E-state index contributed by atoms with van der Waals surface area (Å²) in [4.78, 5) is 0. The first kappa shape index (κ1) is 14.9. The minimum atomic E-state index is 0.725. The van der Waals surface area contributed by atoms with Crippen molar-refractivity contribution in [2.75, 3.05) is 7.11 Å². The number of rotatable bonds is 5. The lowest BCUT2D eigenvalue weighted by atomic mass is 9.74. The number of nitrogens with one attached hydrogen (secondary N) is 1. The molecule has 2 aliphatic rings. The fraction of sp³-hybridized carbons (Fsp3) is 0.684. The second-order valence-corrected chi connectivity index (χ2v) is 6.95. The van der Waals surface area contributed by atoms with Gasteiger partial charge < -0.3 is 10.1 Å². The smallest absolute Gasteiger partial charge is 0.119 e. The van der Waals surface area contributed by atoms with Crippen molar-refractivity contribution in [3.63, 3.8) is 0 Å². The molecule has 2 heteroatoms.